The third-order valence-electron chi connectivity index (χ3n) is 16.2. The normalized spacial score (nSPS) is 17.6. The van der Waals surface area contributed by atoms with Gasteiger partial charge in [-0.1, -0.05) is 205 Å². The minimum absolute atomic E-state index is 0.0999. The van der Waals surface area contributed by atoms with E-state index in [9.17, 15) is 0 Å². The molecule has 0 saturated carbocycles. The number of hydrogen-bond acceptors (Lipinski definition) is 0. The first-order valence-corrected chi connectivity index (χ1v) is 23.6. The molecule has 0 bridgehead atoms. The smallest absolute Gasteiger partial charge is 0.0159 e. The summed E-state index contributed by atoms with van der Waals surface area (Å²) < 4.78 is 0. The van der Waals surface area contributed by atoms with Gasteiger partial charge in [-0.2, -0.15) is 0 Å². The Bertz CT molecular complexity index is 3580. The maximum atomic E-state index is 2.60. The first kappa shape index (κ1) is 38.4. The second-order valence-electron chi connectivity index (χ2n) is 20.8. The molecule has 4 aliphatic carbocycles. The van der Waals surface area contributed by atoms with Gasteiger partial charge in [0.25, 0.3) is 0 Å². The molecule has 65 heavy (non-hydrogen) atoms. The van der Waals surface area contributed by atoms with Crippen molar-refractivity contribution in [2.45, 2.75) is 70.1 Å². The molecule has 0 saturated heterocycles. The van der Waals surface area contributed by atoms with E-state index in [4.69, 9.17) is 0 Å². The Balaban J connectivity index is 1.04. The summed E-state index contributed by atoms with van der Waals surface area (Å²) in [4.78, 5) is 0. The van der Waals surface area contributed by atoms with Crippen LogP contribution in [-0.2, 0) is 16.2 Å². The predicted molar refractivity (Wildman–Crippen MR) is 276 cm³/mol. The second-order valence-corrected chi connectivity index (χ2v) is 20.8. The highest BCUT2D eigenvalue weighted by Crippen LogP contribution is 2.57. The van der Waals surface area contributed by atoms with E-state index in [0.717, 1.165) is 6.42 Å². The van der Waals surface area contributed by atoms with E-state index < -0.39 is 0 Å². The van der Waals surface area contributed by atoms with E-state index >= 15 is 0 Å². The van der Waals surface area contributed by atoms with Gasteiger partial charge in [-0.25, -0.2) is 0 Å². The average Bonchev–Trinajstić information content (AvgIpc) is 3.81. The number of rotatable bonds is 4. The van der Waals surface area contributed by atoms with Gasteiger partial charge in [-0.15, -0.1) is 0 Å². The molecule has 1 atom stereocenters. The number of fused-ring (bicyclic) bond motifs is 11. The van der Waals surface area contributed by atoms with Gasteiger partial charge in [0.2, 0.25) is 0 Å². The summed E-state index contributed by atoms with van der Waals surface area (Å²) in [6.07, 6.45) is 8.17. The highest BCUT2D eigenvalue weighted by atomic mass is 14.4. The highest BCUT2D eigenvalue weighted by Gasteiger charge is 2.39. The van der Waals surface area contributed by atoms with Crippen molar-refractivity contribution in [3.8, 4) is 55.6 Å². The lowest BCUT2D eigenvalue weighted by Crippen LogP contribution is -2.16. The van der Waals surface area contributed by atoms with Crippen LogP contribution in [0.25, 0.3) is 82.8 Å². The summed E-state index contributed by atoms with van der Waals surface area (Å²) in [6, 6.07) is 65.2. The molecule has 4 aliphatic rings. The molecule has 0 heterocycles. The number of allylic oxidation sites excluding steroid dienone is 4. The van der Waals surface area contributed by atoms with Crippen molar-refractivity contribution in [3.63, 3.8) is 0 Å². The lowest BCUT2D eigenvalue weighted by Gasteiger charge is -2.26. The topological polar surface area (TPSA) is 0 Å². The summed E-state index contributed by atoms with van der Waals surface area (Å²) in [6.45, 7) is 14.5. The lowest BCUT2D eigenvalue weighted by atomic mass is 9.77. The molecular formula is C65H52. The standard InChI is InChI=1S/C65H52/c1-63(2)55-22-14-12-18-45(55)47-32-29-43(35-58(47)63)61-50-20-10-11-21-51(50)62(44-30-33-48-46-19-13-15-23-56(46)64(3,4)59(48)36-44)54-38-60-52(37-53(54)61)49-31-28-42(34-57(49)65(60,5)6)41-26-24-40(25-27-41)39-16-8-7-9-17-39/h7-26,28-38,41H,27H2,1-6H3. The van der Waals surface area contributed by atoms with Gasteiger partial charge in [-0.3, -0.25) is 0 Å². The quantitative estimate of drug-likeness (QED) is 0.155. The Morgan fingerprint density at radius 1 is 0.354 bits per heavy atom. The van der Waals surface area contributed by atoms with Crippen LogP contribution in [0, 0.1) is 0 Å². The molecule has 0 radical (unpaired) electrons. The lowest BCUT2D eigenvalue weighted by molar-refractivity contribution is 0.659. The van der Waals surface area contributed by atoms with Crippen LogP contribution in [0.3, 0.4) is 0 Å². The SMILES string of the molecule is CC1(C)c2ccccc2-c2ccc(-c3c4ccccc4c(-c4ccc5c(c4)C(C)(C)c4ccccc4-5)c4cc5c(cc34)-c3ccc(C4C=CC(c6ccccc6)=CC4)cc3C5(C)C)cc21. The molecule has 9 aromatic carbocycles. The van der Waals surface area contributed by atoms with E-state index in [2.05, 4.69) is 230 Å². The van der Waals surface area contributed by atoms with E-state index in [0.29, 0.717) is 5.92 Å². The number of benzene rings is 9. The highest BCUT2D eigenvalue weighted by molar-refractivity contribution is 6.22. The van der Waals surface area contributed by atoms with Crippen molar-refractivity contribution in [2.75, 3.05) is 0 Å². The predicted octanol–water partition coefficient (Wildman–Crippen LogP) is 17.4. The molecule has 13 rings (SSSR count). The monoisotopic (exact) mass is 832 g/mol. The Morgan fingerprint density at radius 2 is 0.815 bits per heavy atom. The molecule has 0 N–H and O–H groups in total. The van der Waals surface area contributed by atoms with E-state index in [-0.39, 0.29) is 16.2 Å². The minimum atomic E-state index is -0.188. The summed E-state index contributed by atoms with van der Waals surface area (Å²) in [7, 11) is 0. The van der Waals surface area contributed by atoms with E-state index in [1.165, 1.54) is 127 Å². The molecule has 0 nitrogen and oxygen atoms in total. The second kappa shape index (κ2) is 13.5. The Labute approximate surface area is 383 Å². The first-order chi connectivity index (χ1) is 31.5. The van der Waals surface area contributed by atoms with Crippen molar-refractivity contribution >= 4 is 27.1 Å². The fourth-order valence-electron chi connectivity index (χ4n) is 12.7. The van der Waals surface area contributed by atoms with Crippen LogP contribution in [0.1, 0.15) is 98.4 Å². The van der Waals surface area contributed by atoms with Crippen LogP contribution < -0.4 is 0 Å². The van der Waals surface area contributed by atoms with Crippen LogP contribution in [0.4, 0.5) is 0 Å². The van der Waals surface area contributed by atoms with Crippen LogP contribution in [0.5, 0.6) is 0 Å². The minimum Gasteiger partial charge on any atom is -0.0761 e. The average molecular weight is 833 g/mol. The molecule has 0 spiro atoms. The van der Waals surface area contributed by atoms with Crippen molar-refractivity contribution < 1.29 is 0 Å². The zero-order chi connectivity index (χ0) is 44.0. The van der Waals surface area contributed by atoms with Crippen molar-refractivity contribution in [3.05, 3.63) is 233 Å². The molecule has 1 unspecified atom stereocenters. The molecule has 0 amide bonds. The van der Waals surface area contributed by atoms with Gasteiger partial charge in [-0.05, 0) is 158 Å². The van der Waals surface area contributed by atoms with Gasteiger partial charge in [0, 0.05) is 22.2 Å². The van der Waals surface area contributed by atoms with Gasteiger partial charge in [0.15, 0.2) is 0 Å². The third kappa shape index (κ3) is 5.38. The first-order valence-electron chi connectivity index (χ1n) is 23.6. The van der Waals surface area contributed by atoms with Gasteiger partial charge in [0.05, 0.1) is 0 Å². The molecular weight excluding hydrogens is 781 g/mol. The zero-order valence-electron chi connectivity index (χ0n) is 38.2. The van der Waals surface area contributed by atoms with Crippen LogP contribution >= 0.6 is 0 Å². The maximum absolute atomic E-state index is 2.60. The maximum Gasteiger partial charge on any atom is 0.0159 e. The molecule has 0 fully saturated rings. The zero-order valence-corrected chi connectivity index (χ0v) is 38.2. The summed E-state index contributed by atoms with van der Waals surface area (Å²) in [5.41, 5.74) is 25.4. The number of hydrogen-bond donors (Lipinski definition) is 0. The fourth-order valence-corrected chi connectivity index (χ4v) is 12.7. The molecule has 0 aliphatic heterocycles. The van der Waals surface area contributed by atoms with Gasteiger partial charge < -0.3 is 0 Å². The van der Waals surface area contributed by atoms with Crippen LogP contribution in [-0.4, -0.2) is 0 Å². The Morgan fingerprint density at radius 3 is 1.40 bits per heavy atom. The Hall–Kier alpha value is -7.02. The molecule has 0 heteroatoms. The largest absolute Gasteiger partial charge is 0.0761 e. The van der Waals surface area contributed by atoms with Crippen LogP contribution in [0.2, 0.25) is 0 Å². The van der Waals surface area contributed by atoms with Crippen molar-refractivity contribution in [2.24, 2.45) is 0 Å². The van der Waals surface area contributed by atoms with Crippen molar-refractivity contribution in [1.29, 1.82) is 0 Å². The van der Waals surface area contributed by atoms with Gasteiger partial charge in [0.1, 0.15) is 0 Å². The fraction of sp³-hybridized carbons (Fsp3) is 0.169. The van der Waals surface area contributed by atoms with Gasteiger partial charge >= 0.3 is 0 Å². The van der Waals surface area contributed by atoms with E-state index in [1.807, 2.05) is 0 Å². The molecule has 9 aromatic rings. The van der Waals surface area contributed by atoms with Crippen LogP contribution in [0.15, 0.2) is 188 Å². The summed E-state index contributed by atoms with van der Waals surface area (Å²) in [5, 5.41) is 5.24. The third-order valence-corrected chi connectivity index (χ3v) is 16.2. The summed E-state index contributed by atoms with van der Waals surface area (Å²) >= 11 is 0. The van der Waals surface area contributed by atoms with Crippen molar-refractivity contribution in [1.82, 2.24) is 0 Å². The van der Waals surface area contributed by atoms with E-state index in [1.54, 1.807) is 0 Å². The molecule has 0 aromatic heterocycles. The Kier molecular flexibility index (Phi) is 7.99. The summed E-state index contributed by atoms with van der Waals surface area (Å²) in [5.74, 6) is 0.347. The molecule has 312 valence electrons.